The van der Waals surface area contributed by atoms with Gasteiger partial charge in [0.15, 0.2) is 30.4 Å². The van der Waals surface area contributed by atoms with Crippen LogP contribution in [-0.4, -0.2) is 130 Å². The fourth-order valence-corrected chi connectivity index (χ4v) is 12.0. The maximum Gasteiger partial charge on any atom is 0.303 e. The molecule has 0 bridgehead atoms. The fourth-order valence-electron chi connectivity index (χ4n) is 12.0. The first kappa shape index (κ1) is 52.5. The summed E-state index contributed by atoms with van der Waals surface area (Å²) in [6.45, 7) is 16.4. The zero-order valence-corrected chi connectivity index (χ0v) is 40.1. The van der Waals surface area contributed by atoms with Gasteiger partial charge in [0, 0.05) is 59.8 Å². The molecule has 1 saturated heterocycles. The Balaban J connectivity index is 1.57. The van der Waals surface area contributed by atoms with Crippen LogP contribution in [0.5, 0.6) is 0 Å². The van der Waals surface area contributed by atoms with Crippen LogP contribution in [0.2, 0.25) is 0 Å². The van der Waals surface area contributed by atoms with E-state index in [-0.39, 0.29) is 50.2 Å². The van der Waals surface area contributed by atoms with Crippen LogP contribution < -0.4 is 0 Å². The fraction of sp³-hybridized carbons (Fsp3) is 0.787. The molecule has 0 aromatic heterocycles. The minimum absolute atomic E-state index is 0.0320. The molecule has 4 fully saturated rings. The lowest BCUT2D eigenvalue weighted by Crippen LogP contribution is -2.65. The predicted octanol–water partition coefficient (Wildman–Crippen LogP) is 3.67. The van der Waals surface area contributed by atoms with E-state index in [4.69, 9.17) is 42.6 Å². The lowest BCUT2D eigenvalue weighted by Gasteiger charge is -2.61. The molecule has 2 N–H and O–H groups in total. The molecular formula is C47H68O19. The van der Waals surface area contributed by atoms with E-state index in [1.165, 1.54) is 26.8 Å². The number of hydrogen-bond donors (Lipinski definition) is 2. The van der Waals surface area contributed by atoms with Crippen LogP contribution in [0.25, 0.3) is 0 Å². The van der Waals surface area contributed by atoms with Crippen molar-refractivity contribution in [3.63, 3.8) is 0 Å². The first-order valence-corrected chi connectivity index (χ1v) is 22.7. The minimum atomic E-state index is -1.90. The smallest absolute Gasteiger partial charge is 0.303 e. The lowest BCUT2D eigenvalue weighted by atomic mass is 9.45. The van der Waals surface area contributed by atoms with Crippen LogP contribution in [0.4, 0.5) is 0 Å². The number of carbonyl (C=O) groups excluding carboxylic acids is 8. The van der Waals surface area contributed by atoms with E-state index in [1.54, 1.807) is 20.8 Å². The maximum absolute atomic E-state index is 14.3. The van der Waals surface area contributed by atoms with Gasteiger partial charge < -0.3 is 52.8 Å². The Labute approximate surface area is 385 Å². The Hall–Kier alpha value is -4.46. The first-order chi connectivity index (χ1) is 30.4. The molecule has 19 nitrogen and oxygen atoms in total. The summed E-state index contributed by atoms with van der Waals surface area (Å²) >= 11 is 0. The first-order valence-electron chi connectivity index (χ1n) is 22.7. The van der Waals surface area contributed by atoms with Gasteiger partial charge in [-0.15, -0.1) is 0 Å². The molecule has 0 unspecified atom stereocenters. The van der Waals surface area contributed by atoms with Gasteiger partial charge in [0.2, 0.25) is 0 Å². The van der Waals surface area contributed by atoms with E-state index in [9.17, 15) is 48.6 Å². The highest BCUT2D eigenvalue weighted by Gasteiger charge is 2.70. The van der Waals surface area contributed by atoms with Gasteiger partial charge in [-0.05, 0) is 101 Å². The van der Waals surface area contributed by atoms with Crippen LogP contribution in [0.3, 0.4) is 0 Å². The number of rotatable bonds is 15. The number of fused-ring (bicyclic) bond motifs is 5. The number of carbonyl (C=O) groups is 8. The molecular weight excluding hydrogens is 868 g/mol. The Morgan fingerprint density at radius 2 is 1.30 bits per heavy atom. The number of ketones is 1. The monoisotopic (exact) mass is 936 g/mol. The summed E-state index contributed by atoms with van der Waals surface area (Å²) in [4.78, 5) is 101. The second-order valence-electron chi connectivity index (χ2n) is 20.1. The van der Waals surface area contributed by atoms with Crippen LogP contribution in [0, 0.1) is 28.6 Å². The van der Waals surface area contributed by atoms with Crippen molar-refractivity contribution < 1.29 is 91.2 Å². The van der Waals surface area contributed by atoms with Gasteiger partial charge in [-0.2, -0.15) is 0 Å². The molecule has 0 aromatic carbocycles. The normalized spacial score (nSPS) is 36.3. The minimum Gasteiger partial charge on any atom is -0.463 e. The molecule has 3 saturated carbocycles. The van der Waals surface area contributed by atoms with Crippen LogP contribution >= 0.6 is 0 Å². The van der Waals surface area contributed by atoms with E-state index in [2.05, 4.69) is 0 Å². The molecule has 5 rings (SSSR count). The highest BCUT2D eigenvalue weighted by Crippen LogP contribution is 2.69. The van der Waals surface area contributed by atoms with Crippen molar-refractivity contribution in [1.82, 2.24) is 0 Å². The molecule has 5 aliphatic rings. The Morgan fingerprint density at radius 1 is 0.742 bits per heavy atom. The second-order valence-corrected chi connectivity index (χ2v) is 20.1. The van der Waals surface area contributed by atoms with Crippen molar-refractivity contribution in [3.05, 3.63) is 11.6 Å². The maximum atomic E-state index is 14.3. The van der Waals surface area contributed by atoms with Gasteiger partial charge in [-0.25, -0.2) is 0 Å². The molecule has 4 aliphatic carbocycles. The highest BCUT2D eigenvalue weighted by atomic mass is 16.7. The number of aliphatic hydroxyl groups is 2. The Morgan fingerprint density at radius 3 is 1.86 bits per heavy atom. The van der Waals surface area contributed by atoms with E-state index < -0.39 is 137 Å². The molecule has 1 aliphatic heterocycles. The molecule has 15 atom stereocenters. The van der Waals surface area contributed by atoms with E-state index >= 15 is 0 Å². The largest absolute Gasteiger partial charge is 0.463 e. The quantitative estimate of drug-likeness (QED) is 0.175. The average molecular weight is 937 g/mol. The van der Waals surface area contributed by atoms with Crippen molar-refractivity contribution in [2.75, 3.05) is 6.61 Å². The summed E-state index contributed by atoms with van der Waals surface area (Å²) in [7, 11) is 0. The number of hydrogen-bond acceptors (Lipinski definition) is 19. The standard InChI is InChI=1S/C47H68O19/c1-23(48)58-22-36-39(61-26(4)51)40(62-27(5)52)41(63-28(6)53)42(64-36)65-38(15-16-43(8,9)66-29(7)54)46(12,56)37-14-18-47(57)31-19-33(55)32-20-34(59-24(2)49)35(60-25(3)50)21-44(32,10)30(31)13-17-45(37,47)11/h19,30,32,34-42,56-57H,13-18,20-22H2,1-12H3/t30-,32-,34+,35-,36+,37-,38+,39-,40-,41+,42+,44+,45+,46+,47+/m0/s1. The molecule has 0 radical (unpaired) electrons. The highest BCUT2D eigenvalue weighted by molar-refractivity contribution is 5.95. The summed E-state index contributed by atoms with van der Waals surface area (Å²) < 4.78 is 52.1. The van der Waals surface area contributed by atoms with Crippen molar-refractivity contribution in [1.29, 1.82) is 0 Å². The van der Waals surface area contributed by atoms with Crippen LogP contribution in [0.15, 0.2) is 11.6 Å². The summed E-state index contributed by atoms with van der Waals surface area (Å²) in [6, 6.07) is 0. The van der Waals surface area contributed by atoms with Gasteiger partial charge in [0.25, 0.3) is 0 Å². The van der Waals surface area contributed by atoms with Crippen molar-refractivity contribution in [2.45, 2.75) is 200 Å². The van der Waals surface area contributed by atoms with Gasteiger partial charge >= 0.3 is 41.8 Å². The van der Waals surface area contributed by atoms with Crippen molar-refractivity contribution in [2.24, 2.45) is 28.6 Å². The SMILES string of the molecule is CC(=O)OC[C@H]1O[C@H](O[C@H](CCC(C)(C)OC(C)=O)[C@](C)(O)[C@H]2CC[C@@]3(O)C4=CC(=O)[C@@H]5C[C@@H](OC(C)=O)[C@@H](OC(C)=O)C[C@]5(C)[C@H]4CC[C@]23C)[C@H](OC(C)=O)[C@@H](OC(C)=O)[C@H]1OC(C)=O. The van der Waals surface area contributed by atoms with E-state index in [0.29, 0.717) is 18.4 Å². The zero-order chi connectivity index (χ0) is 49.5. The van der Waals surface area contributed by atoms with Gasteiger partial charge in [0.1, 0.15) is 30.5 Å². The third kappa shape index (κ3) is 10.8. The molecule has 1 heterocycles. The Kier molecular flexibility index (Phi) is 15.6. The van der Waals surface area contributed by atoms with Crippen molar-refractivity contribution in [3.8, 4) is 0 Å². The zero-order valence-electron chi connectivity index (χ0n) is 40.1. The molecule has 19 heteroatoms. The number of esters is 7. The average Bonchev–Trinajstić information content (AvgIpc) is 3.45. The predicted molar refractivity (Wildman–Crippen MR) is 226 cm³/mol. The Bertz CT molecular complexity index is 1960. The number of allylic oxidation sites excluding steroid dienone is 1. The van der Waals surface area contributed by atoms with Gasteiger partial charge in [0.05, 0.1) is 17.3 Å². The molecule has 66 heavy (non-hydrogen) atoms. The van der Waals surface area contributed by atoms with E-state index in [0.717, 1.165) is 27.7 Å². The van der Waals surface area contributed by atoms with Crippen molar-refractivity contribution >= 4 is 47.6 Å². The van der Waals surface area contributed by atoms with Crippen LogP contribution in [0.1, 0.15) is 134 Å². The van der Waals surface area contributed by atoms with Gasteiger partial charge in [-0.3, -0.25) is 38.4 Å². The number of ether oxygens (including phenoxy) is 9. The van der Waals surface area contributed by atoms with Crippen LogP contribution in [-0.2, 0) is 81.0 Å². The molecule has 0 spiro atoms. The summed E-state index contributed by atoms with van der Waals surface area (Å²) in [6.07, 6.45) is -7.54. The molecule has 370 valence electrons. The summed E-state index contributed by atoms with van der Waals surface area (Å²) in [5.74, 6) is -6.91. The molecule has 0 amide bonds. The molecule has 0 aromatic rings. The summed E-state index contributed by atoms with van der Waals surface area (Å²) in [5.41, 5.74) is -6.03. The third-order valence-electron chi connectivity index (χ3n) is 14.7. The second kappa shape index (κ2) is 19.6. The third-order valence-corrected chi connectivity index (χ3v) is 14.7. The van der Waals surface area contributed by atoms with E-state index in [1.807, 2.05) is 13.8 Å². The topological polar surface area (TPSA) is 260 Å². The lowest BCUT2D eigenvalue weighted by molar-refractivity contribution is -0.332. The summed E-state index contributed by atoms with van der Waals surface area (Å²) in [5, 5.41) is 26.4. The van der Waals surface area contributed by atoms with Gasteiger partial charge in [-0.1, -0.05) is 13.8 Å².